The number of carbonyl (C=O) groups excluding carboxylic acids is 1. The minimum Gasteiger partial charge on any atom is -0.308 e. The highest BCUT2D eigenvalue weighted by Gasteiger charge is 2.20. The average molecular weight is 392 g/mol. The fraction of sp³-hybridized carbons (Fsp3) is 0.263. The van der Waals surface area contributed by atoms with Crippen molar-refractivity contribution in [3.63, 3.8) is 0 Å². The second-order valence-electron chi connectivity index (χ2n) is 6.26. The van der Waals surface area contributed by atoms with Gasteiger partial charge in [-0.2, -0.15) is 0 Å². The maximum absolute atomic E-state index is 13.1. The van der Waals surface area contributed by atoms with Gasteiger partial charge in [0.05, 0.1) is 16.6 Å². The van der Waals surface area contributed by atoms with Gasteiger partial charge in [-0.05, 0) is 50.0 Å². The summed E-state index contributed by atoms with van der Waals surface area (Å²) in [4.78, 5) is 21.2. The number of rotatable bonds is 6. The van der Waals surface area contributed by atoms with Crippen LogP contribution in [0.25, 0.3) is 10.2 Å². The number of aromatic nitrogens is 1. The molecule has 0 spiro atoms. The van der Waals surface area contributed by atoms with E-state index in [0.29, 0.717) is 23.2 Å². The number of hydrogen-bond donors (Lipinski definition) is 0. The summed E-state index contributed by atoms with van der Waals surface area (Å²) < 4.78 is 14.0. The van der Waals surface area contributed by atoms with Gasteiger partial charge >= 0.3 is 0 Å². The number of carbonyl (C=O) groups is 1. The molecular weight excluding hydrogens is 373 g/mol. The van der Waals surface area contributed by atoms with E-state index in [-0.39, 0.29) is 18.1 Å². The summed E-state index contributed by atoms with van der Waals surface area (Å²) in [6, 6.07) is 11.5. The van der Waals surface area contributed by atoms with Gasteiger partial charge in [0, 0.05) is 18.1 Å². The van der Waals surface area contributed by atoms with Crippen LogP contribution in [0.3, 0.4) is 0 Å². The number of anilines is 1. The Bertz CT molecular complexity index is 911. The SMILES string of the molecule is CN(C)CCN(C(=O)Cc1ccc(F)cc1)c1nc2ccc(Cl)cc2s1. The van der Waals surface area contributed by atoms with Gasteiger partial charge < -0.3 is 4.90 Å². The van der Waals surface area contributed by atoms with Crippen molar-refractivity contribution in [3.8, 4) is 0 Å². The Kier molecular flexibility index (Phi) is 5.86. The predicted octanol–water partition coefficient (Wildman–Crippen LogP) is 4.23. The third-order valence-corrected chi connectivity index (χ3v) is 5.19. The van der Waals surface area contributed by atoms with Crippen LogP contribution in [0.1, 0.15) is 5.56 Å². The minimum atomic E-state index is -0.311. The Hall–Kier alpha value is -2.02. The van der Waals surface area contributed by atoms with E-state index in [4.69, 9.17) is 11.6 Å². The molecule has 0 saturated carbocycles. The molecule has 3 aromatic rings. The van der Waals surface area contributed by atoms with Crippen molar-refractivity contribution < 1.29 is 9.18 Å². The molecular formula is C19H19ClFN3OS. The van der Waals surface area contributed by atoms with Crippen molar-refractivity contribution in [2.75, 3.05) is 32.1 Å². The van der Waals surface area contributed by atoms with E-state index in [1.165, 1.54) is 23.5 Å². The molecule has 26 heavy (non-hydrogen) atoms. The maximum atomic E-state index is 13.1. The number of benzene rings is 2. The Morgan fingerprint density at radius 3 is 2.58 bits per heavy atom. The summed E-state index contributed by atoms with van der Waals surface area (Å²) >= 11 is 7.50. The topological polar surface area (TPSA) is 36.4 Å². The highest BCUT2D eigenvalue weighted by molar-refractivity contribution is 7.22. The van der Waals surface area contributed by atoms with E-state index in [9.17, 15) is 9.18 Å². The van der Waals surface area contributed by atoms with Crippen LogP contribution < -0.4 is 4.90 Å². The van der Waals surface area contributed by atoms with Gasteiger partial charge in [0.1, 0.15) is 5.82 Å². The van der Waals surface area contributed by atoms with Gasteiger partial charge in [-0.3, -0.25) is 9.69 Å². The van der Waals surface area contributed by atoms with Gasteiger partial charge in [0.25, 0.3) is 0 Å². The summed E-state index contributed by atoms with van der Waals surface area (Å²) in [5.41, 5.74) is 1.59. The van der Waals surface area contributed by atoms with Crippen LogP contribution in [0.2, 0.25) is 5.02 Å². The van der Waals surface area contributed by atoms with Crippen LogP contribution in [0, 0.1) is 5.82 Å². The molecule has 0 unspecified atom stereocenters. The zero-order valence-corrected chi connectivity index (χ0v) is 16.1. The largest absolute Gasteiger partial charge is 0.308 e. The van der Waals surface area contributed by atoms with E-state index >= 15 is 0 Å². The lowest BCUT2D eigenvalue weighted by molar-refractivity contribution is -0.118. The minimum absolute atomic E-state index is 0.0661. The fourth-order valence-electron chi connectivity index (χ4n) is 2.50. The maximum Gasteiger partial charge on any atom is 0.233 e. The first-order chi connectivity index (χ1) is 12.4. The normalized spacial score (nSPS) is 11.3. The van der Waals surface area contributed by atoms with Crippen molar-refractivity contribution in [2.24, 2.45) is 0 Å². The molecule has 136 valence electrons. The number of amides is 1. The summed E-state index contributed by atoms with van der Waals surface area (Å²) in [7, 11) is 3.92. The molecule has 1 amide bonds. The average Bonchev–Trinajstić information content (AvgIpc) is 2.99. The summed E-state index contributed by atoms with van der Waals surface area (Å²) in [6.45, 7) is 1.24. The smallest absolute Gasteiger partial charge is 0.233 e. The Morgan fingerprint density at radius 2 is 1.88 bits per heavy atom. The number of hydrogen-bond acceptors (Lipinski definition) is 4. The molecule has 0 atom stereocenters. The number of likely N-dealkylation sites (N-methyl/N-ethyl adjacent to an activating group) is 1. The zero-order chi connectivity index (χ0) is 18.7. The van der Waals surface area contributed by atoms with E-state index in [1.54, 1.807) is 23.1 Å². The van der Waals surface area contributed by atoms with E-state index in [1.807, 2.05) is 31.1 Å². The zero-order valence-electron chi connectivity index (χ0n) is 14.6. The molecule has 7 heteroatoms. The Balaban J connectivity index is 1.87. The second-order valence-corrected chi connectivity index (χ2v) is 7.71. The lowest BCUT2D eigenvalue weighted by Gasteiger charge is -2.22. The monoisotopic (exact) mass is 391 g/mol. The summed E-state index contributed by atoms with van der Waals surface area (Å²) in [5.74, 6) is -0.377. The highest BCUT2D eigenvalue weighted by Crippen LogP contribution is 2.31. The lowest BCUT2D eigenvalue weighted by atomic mass is 10.1. The van der Waals surface area contributed by atoms with Gasteiger partial charge in [-0.25, -0.2) is 9.37 Å². The van der Waals surface area contributed by atoms with Crippen LogP contribution >= 0.6 is 22.9 Å². The molecule has 0 fully saturated rings. The third kappa shape index (κ3) is 4.58. The Morgan fingerprint density at radius 1 is 1.15 bits per heavy atom. The van der Waals surface area contributed by atoms with E-state index in [2.05, 4.69) is 4.98 Å². The van der Waals surface area contributed by atoms with Gasteiger partial charge in [-0.1, -0.05) is 35.1 Å². The molecule has 0 N–H and O–H groups in total. The van der Waals surface area contributed by atoms with Crippen molar-refractivity contribution in [2.45, 2.75) is 6.42 Å². The number of thiazole rings is 1. The summed E-state index contributed by atoms with van der Waals surface area (Å²) in [5, 5.41) is 1.29. The molecule has 0 aliphatic carbocycles. The fourth-order valence-corrected chi connectivity index (χ4v) is 3.79. The van der Waals surface area contributed by atoms with Gasteiger partial charge in [0.15, 0.2) is 5.13 Å². The molecule has 0 aliphatic rings. The molecule has 0 radical (unpaired) electrons. The standard InChI is InChI=1S/C19H19ClFN3OS/c1-23(2)9-10-24(18(25)11-13-3-6-15(21)7-4-13)19-22-16-8-5-14(20)12-17(16)26-19/h3-8,12H,9-11H2,1-2H3. The van der Waals surface area contributed by atoms with E-state index < -0.39 is 0 Å². The van der Waals surface area contributed by atoms with Crippen LogP contribution in [-0.4, -0.2) is 43.0 Å². The highest BCUT2D eigenvalue weighted by atomic mass is 35.5. The molecule has 4 nitrogen and oxygen atoms in total. The van der Waals surface area contributed by atoms with Crippen molar-refractivity contribution >= 4 is 44.2 Å². The molecule has 0 saturated heterocycles. The predicted molar refractivity (Wildman–Crippen MR) is 106 cm³/mol. The Labute approximate surface area is 160 Å². The number of halogens is 2. The quantitative estimate of drug-likeness (QED) is 0.631. The van der Waals surface area contributed by atoms with Gasteiger partial charge in [-0.15, -0.1) is 0 Å². The molecule has 2 aromatic carbocycles. The first kappa shape index (κ1) is 18.8. The van der Waals surface area contributed by atoms with Crippen molar-refractivity contribution in [1.29, 1.82) is 0 Å². The van der Waals surface area contributed by atoms with Crippen LogP contribution in [0.5, 0.6) is 0 Å². The molecule has 0 bridgehead atoms. The molecule has 1 heterocycles. The van der Waals surface area contributed by atoms with Gasteiger partial charge in [0.2, 0.25) is 5.91 Å². The first-order valence-electron chi connectivity index (χ1n) is 8.18. The summed E-state index contributed by atoms with van der Waals surface area (Å²) in [6.07, 6.45) is 0.199. The third-order valence-electron chi connectivity index (χ3n) is 3.91. The second kappa shape index (κ2) is 8.12. The molecule has 0 aliphatic heterocycles. The number of nitrogens with zero attached hydrogens (tertiary/aromatic N) is 3. The molecule has 3 rings (SSSR count). The van der Waals surface area contributed by atoms with E-state index in [0.717, 1.165) is 15.8 Å². The van der Waals surface area contributed by atoms with Crippen molar-refractivity contribution in [1.82, 2.24) is 9.88 Å². The van der Waals surface area contributed by atoms with Crippen LogP contribution in [0.4, 0.5) is 9.52 Å². The molecule has 1 aromatic heterocycles. The first-order valence-corrected chi connectivity index (χ1v) is 9.37. The van der Waals surface area contributed by atoms with Crippen molar-refractivity contribution in [3.05, 3.63) is 58.9 Å². The van der Waals surface area contributed by atoms with Crippen LogP contribution in [0.15, 0.2) is 42.5 Å². The van der Waals surface area contributed by atoms with Crippen LogP contribution in [-0.2, 0) is 11.2 Å². The number of fused-ring (bicyclic) bond motifs is 1. The lowest BCUT2D eigenvalue weighted by Crippen LogP contribution is -2.37.